The van der Waals surface area contributed by atoms with Crippen molar-refractivity contribution in [1.82, 2.24) is 24.5 Å². The maximum atomic E-state index is 14.2. The normalized spacial score (nSPS) is 15.9. The number of amides is 2. The van der Waals surface area contributed by atoms with Crippen molar-refractivity contribution in [3.8, 4) is 0 Å². The zero-order valence-corrected chi connectivity index (χ0v) is 30.2. The molecule has 4 aromatic rings. The summed E-state index contributed by atoms with van der Waals surface area (Å²) in [5, 5.41) is 8.90. The number of piperidine rings is 1. The number of carbonyl (C=O) groups excluding carboxylic acids is 2. The molecule has 14 nitrogen and oxygen atoms in total. The molecule has 0 spiro atoms. The minimum absolute atomic E-state index is 0.0389. The van der Waals surface area contributed by atoms with Crippen LogP contribution in [0.25, 0.3) is 15.9 Å². The average Bonchev–Trinajstić information content (AvgIpc) is 3.57. The Kier molecular flexibility index (Phi) is 9.91. The zero-order valence-electron chi connectivity index (χ0n) is 28.6. The van der Waals surface area contributed by atoms with Crippen LogP contribution in [0.4, 0.5) is 26.9 Å². The third kappa shape index (κ3) is 8.71. The highest BCUT2D eigenvalue weighted by Crippen LogP contribution is 2.37. The highest BCUT2D eigenvalue weighted by molar-refractivity contribution is 7.85. The first-order valence-corrected chi connectivity index (χ1v) is 18.4. The number of rotatable bonds is 8. The average molecular weight is 702 g/mol. The molecular weight excluding hydrogens is 659 g/mol. The van der Waals surface area contributed by atoms with Gasteiger partial charge in [-0.1, -0.05) is 0 Å². The summed E-state index contributed by atoms with van der Waals surface area (Å²) in [7, 11) is -3.78. The topological polar surface area (TPSA) is 158 Å². The van der Waals surface area contributed by atoms with Crippen LogP contribution < -0.4 is 10.2 Å². The van der Waals surface area contributed by atoms with Crippen LogP contribution in [0.2, 0.25) is 0 Å². The van der Waals surface area contributed by atoms with Gasteiger partial charge in [0.2, 0.25) is 0 Å². The fraction of sp³-hybridized carbons (Fsp3) is 0.531. The van der Waals surface area contributed by atoms with E-state index in [1.165, 1.54) is 20.8 Å². The Labute approximate surface area is 284 Å². The summed E-state index contributed by atoms with van der Waals surface area (Å²) in [4.78, 5) is 39.7. The summed E-state index contributed by atoms with van der Waals surface area (Å²) in [6.45, 7) is 13.4. The Hall–Kier alpha value is -4.02. The SMILES string of the molecule is Cc1nc2ccc(N(C(=O)OC(C)(C)C)c3c(CCOS(C)(=O)=O)c(NC4CCCN(C(=O)OC(C)(C)C)C4)nc4ccnn34)cc2s1. The summed E-state index contributed by atoms with van der Waals surface area (Å²) in [6.07, 6.45) is 2.98. The van der Waals surface area contributed by atoms with Crippen LogP contribution >= 0.6 is 11.3 Å². The van der Waals surface area contributed by atoms with Gasteiger partial charge in [-0.15, -0.1) is 11.3 Å². The Morgan fingerprint density at radius 2 is 1.81 bits per heavy atom. The number of aromatic nitrogens is 4. The van der Waals surface area contributed by atoms with Gasteiger partial charge in [0.25, 0.3) is 10.1 Å². The van der Waals surface area contributed by atoms with Crippen LogP contribution in [0, 0.1) is 6.92 Å². The Balaban J connectivity index is 1.65. The first-order chi connectivity index (χ1) is 22.4. The molecule has 0 radical (unpaired) electrons. The number of nitrogens with zero attached hydrogens (tertiary/aromatic N) is 6. The van der Waals surface area contributed by atoms with E-state index in [1.54, 1.807) is 44.0 Å². The van der Waals surface area contributed by atoms with E-state index in [4.69, 9.17) is 18.6 Å². The molecule has 260 valence electrons. The molecule has 1 aliphatic rings. The standard InChI is InChI=1S/C32H43N7O7S2/c1-20-34-24-12-11-22(18-25(24)47-20)38(30(41)46-32(5,6)7)28-23(14-17-44-48(8,42)43)27(36-26-13-15-33-39(26)28)35-21-10-9-16-37(19-21)29(40)45-31(2,3)4/h11-13,15,18,21H,9-10,14,16-17,19H2,1-8H3,(H,35,36). The summed E-state index contributed by atoms with van der Waals surface area (Å²) in [6, 6.07) is 6.97. The van der Waals surface area contributed by atoms with Gasteiger partial charge in [0.1, 0.15) is 17.0 Å². The number of aryl methyl sites for hydroxylation is 1. The van der Waals surface area contributed by atoms with Gasteiger partial charge in [0.15, 0.2) is 11.5 Å². The molecule has 2 amide bonds. The molecule has 0 saturated carbocycles. The van der Waals surface area contributed by atoms with Gasteiger partial charge < -0.3 is 19.7 Å². The molecule has 1 fully saturated rings. The lowest BCUT2D eigenvalue weighted by Gasteiger charge is -2.35. The van der Waals surface area contributed by atoms with Gasteiger partial charge in [-0.3, -0.25) is 4.18 Å². The van der Waals surface area contributed by atoms with Crippen LogP contribution in [0.5, 0.6) is 0 Å². The van der Waals surface area contributed by atoms with Gasteiger partial charge in [-0.2, -0.15) is 18.0 Å². The number of nitrogens with one attached hydrogen (secondary N) is 1. The van der Waals surface area contributed by atoms with E-state index >= 15 is 0 Å². The van der Waals surface area contributed by atoms with Crippen molar-refractivity contribution in [2.75, 3.05) is 36.2 Å². The van der Waals surface area contributed by atoms with Crippen molar-refractivity contribution in [3.05, 3.63) is 41.0 Å². The first kappa shape index (κ1) is 35.3. The lowest BCUT2D eigenvalue weighted by molar-refractivity contribution is 0.0206. The van der Waals surface area contributed by atoms with Crippen LogP contribution in [0.3, 0.4) is 0 Å². The van der Waals surface area contributed by atoms with E-state index in [0.29, 0.717) is 41.6 Å². The van der Waals surface area contributed by atoms with E-state index in [0.717, 1.165) is 34.3 Å². The van der Waals surface area contributed by atoms with Crippen molar-refractivity contribution in [1.29, 1.82) is 0 Å². The molecule has 5 rings (SSSR count). The number of thiazole rings is 1. The second kappa shape index (κ2) is 13.5. The van der Waals surface area contributed by atoms with Gasteiger partial charge in [-0.25, -0.2) is 24.5 Å². The third-order valence-electron chi connectivity index (χ3n) is 7.19. The van der Waals surface area contributed by atoms with Crippen molar-refractivity contribution in [3.63, 3.8) is 0 Å². The van der Waals surface area contributed by atoms with Crippen LogP contribution in [-0.4, -0.2) is 88.3 Å². The van der Waals surface area contributed by atoms with Gasteiger partial charge in [-0.05, 0) is 79.5 Å². The fourth-order valence-electron chi connectivity index (χ4n) is 5.40. The second-order valence-corrected chi connectivity index (χ2v) is 16.6. The van der Waals surface area contributed by atoms with Crippen LogP contribution in [0.15, 0.2) is 30.5 Å². The quantitative estimate of drug-likeness (QED) is 0.213. The molecule has 16 heteroatoms. The molecule has 1 aliphatic heterocycles. The number of fused-ring (bicyclic) bond motifs is 2. The molecule has 3 aromatic heterocycles. The molecule has 48 heavy (non-hydrogen) atoms. The predicted molar refractivity (Wildman–Crippen MR) is 185 cm³/mol. The van der Waals surface area contributed by atoms with Crippen molar-refractivity contribution >= 4 is 66.8 Å². The van der Waals surface area contributed by atoms with Gasteiger partial charge in [0.05, 0.1) is 40.0 Å². The number of benzene rings is 1. The predicted octanol–water partition coefficient (Wildman–Crippen LogP) is 6.05. The van der Waals surface area contributed by atoms with E-state index in [-0.39, 0.29) is 19.1 Å². The minimum atomic E-state index is -3.78. The van der Waals surface area contributed by atoms with Crippen molar-refractivity contribution in [2.45, 2.75) is 85.0 Å². The number of ether oxygens (including phenoxy) is 2. The summed E-state index contributed by atoms with van der Waals surface area (Å²) >= 11 is 1.50. The summed E-state index contributed by atoms with van der Waals surface area (Å²) in [5.74, 6) is 0.702. The van der Waals surface area contributed by atoms with E-state index in [9.17, 15) is 18.0 Å². The monoisotopic (exact) mass is 701 g/mol. The molecule has 1 N–H and O–H groups in total. The number of likely N-dealkylation sites (tertiary alicyclic amines) is 1. The number of hydrogen-bond acceptors (Lipinski definition) is 12. The number of hydrogen-bond donors (Lipinski definition) is 1. The smallest absolute Gasteiger partial charge is 0.420 e. The lowest BCUT2D eigenvalue weighted by Crippen LogP contribution is -2.47. The number of anilines is 3. The highest BCUT2D eigenvalue weighted by Gasteiger charge is 2.33. The second-order valence-electron chi connectivity index (χ2n) is 13.8. The van der Waals surface area contributed by atoms with Crippen molar-refractivity contribution in [2.24, 2.45) is 0 Å². The maximum absolute atomic E-state index is 14.2. The van der Waals surface area contributed by atoms with Gasteiger partial charge in [0, 0.05) is 37.2 Å². The highest BCUT2D eigenvalue weighted by atomic mass is 32.2. The van der Waals surface area contributed by atoms with E-state index < -0.39 is 33.5 Å². The number of carbonyl (C=O) groups is 2. The van der Waals surface area contributed by atoms with Crippen LogP contribution in [-0.2, 0) is 30.2 Å². The molecule has 1 aromatic carbocycles. The first-order valence-electron chi connectivity index (χ1n) is 15.7. The van der Waals surface area contributed by atoms with E-state index in [2.05, 4.69) is 15.4 Å². The zero-order chi connectivity index (χ0) is 35.0. The third-order valence-corrected chi connectivity index (χ3v) is 8.72. The molecule has 4 heterocycles. The summed E-state index contributed by atoms with van der Waals surface area (Å²) < 4.78 is 43.2. The largest absolute Gasteiger partial charge is 0.444 e. The Bertz CT molecular complexity index is 1930. The molecule has 0 bridgehead atoms. The Morgan fingerprint density at radius 3 is 2.50 bits per heavy atom. The lowest BCUT2D eigenvalue weighted by atomic mass is 10.1. The minimum Gasteiger partial charge on any atom is -0.444 e. The molecule has 1 atom stereocenters. The van der Waals surface area contributed by atoms with Crippen LogP contribution in [0.1, 0.15) is 65.0 Å². The molecule has 0 aliphatic carbocycles. The molecule has 1 unspecified atom stereocenters. The van der Waals surface area contributed by atoms with Crippen molar-refractivity contribution < 1.29 is 31.7 Å². The molecule has 1 saturated heterocycles. The molecular formula is C32H43N7O7S2. The fourth-order valence-corrected chi connectivity index (χ4v) is 6.65. The van der Waals surface area contributed by atoms with E-state index in [1.807, 2.05) is 39.8 Å². The summed E-state index contributed by atoms with van der Waals surface area (Å²) in [5.41, 5.74) is 0.706. The van der Waals surface area contributed by atoms with Gasteiger partial charge >= 0.3 is 12.2 Å². The Morgan fingerprint density at radius 1 is 1.08 bits per heavy atom. The maximum Gasteiger partial charge on any atom is 0.420 e.